The first-order chi connectivity index (χ1) is 10.6. The fourth-order valence-corrected chi connectivity index (χ4v) is 3.15. The van der Waals surface area contributed by atoms with E-state index < -0.39 is 0 Å². The smallest absolute Gasteiger partial charge is 0.225 e. The van der Waals surface area contributed by atoms with E-state index in [2.05, 4.69) is 61.7 Å². The molecule has 1 aliphatic carbocycles. The van der Waals surface area contributed by atoms with Crippen LogP contribution in [0.5, 0.6) is 0 Å². The van der Waals surface area contributed by atoms with E-state index in [1.165, 1.54) is 31.2 Å². The van der Waals surface area contributed by atoms with E-state index >= 15 is 0 Å². The maximum atomic E-state index is 4.60. The average molecular weight is 361 g/mol. The highest BCUT2D eigenvalue weighted by atomic mass is 79.9. The number of aryl methyl sites for hydroxylation is 2. The van der Waals surface area contributed by atoms with Crippen molar-refractivity contribution >= 4 is 33.4 Å². The second-order valence-corrected chi connectivity index (χ2v) is 6.79. The summed E-state index contributed by atoms with van der Waals surface area (Å²) >= 11 is 3.56. The number of hydrogen-bond acceptors (Lipinski definition) is 4. The topological polar surface area (TPSA) is 49.8 Å². The minimum atomic E-state index is 0.517. The number of nitrogens with zero attached hydrogens (tertiary/aromatic N) is 2. The van der Waals surface area contributed by atoms with Crippen LogP contribution in [-0.2, 0) is 0 Å². The van der Waals surface area contributed by atoms with Crippen molar-refractivity contribution in [3.05, 3.63) is 40.0 Å². The predicted molar refractivity (Wildman–Crippen MR) is 94.8 cm³/mol. The zero-order valence-electron chi connectivity index (χ0n) is 13.0. The summed E-state index contributed by atoms with van der Waals surface area (Å²) in [6, 6.07) is 8.69. The molecule has 0 bridgehead atoms. The molecule has 1 aliphatic rings. The maximum absolute atomic E-state index is 4.60. The number of anilines is 3. The van der Waals surface area contributed by atoms with Crippen LogP contribution in [0.1, 0.15) is 36.9 Å². The highest BCUT2D eigenvalue weighted by Gasteiger charge is 2.16. The summed E-state index contributed by atoms with van der Waals surface area (Å²) in [7, 11) is 0. The zero-order chi connectivity index (χ0) is 15.5. The third kappa shape index (κ3) is 3.77. The second-order valence-electron chi connectivity index (χ2n) is 5.93. The van der Waals surface area contributed by atoms with Crippen LogP contribution >= 0.6 is 15.9 Å². The Morgan fingerprint density at radius 1 is 1.09 bits per heavy atom. The van der Waals surface area contributed by atoms with Gasteiger partial charge in [0, 0.05) is 28.0 Å². The molecule has 2 N–H and O–H groups in total. The third-order valence-corrected chi connectivity index (χ3v) is 4.84. The van der Waals surface area contributed by atoms with Crippen LogP contribution in [0.15, 0.2) is 28.7 Å². The summed E-state index contributed by atoms with van der Waals surface area (Å²) in [6.45, 7) is 4.07. The van der Waals surface area contributed by atoms with E-state index in [1.54, 1.807) is 0 Å². The summed E-state index contributed by atoms with van der Waals surface area (Å²) < 4.78 is 1.09. The van der Waals surface area contributed by atoms with E-state index in [0.717, 1.165) is 27.6 Å². The van der Waals surface area contributed by atoms with Crippen LogP contribution in [-0.4, -0.2) is 16.0 Å². The number of halogens is 1. The van der Waals surface area contributed by atoms with Gasteiger partial charge in [-0.15, -0.1) is 0 Å². The zero-order valence-corrected chi connectivity index (χ0v) is 14.6. The molecule has 3 rings (SSSR count). The van der Waals surface area contributed by atoms with Gasteiger partial charge in [-0.1, -0.05) is 34.8 Å². The van der Waals surface area contributed by atoms with Gasteiger partial charge in [0.25, 0.3) is 0 Å². The Bertz CT molecular complexity index is 666. The fourth-order valence-electron chi connectivity index (χ4n) is 2.77. The van der Waals surface area contributed by atoms with Crippen molar-refractivity contribution in [1.29, 1.82) is 0 Å². The van der Waals surface area contributed by atoms with E-state index in [0.29, 0.717) is 6.04 Å². The first-order valence-corrected chi connectivity index (χ1v) is 8.55. The lowest BCUT2D eigenvalue weighted by molar-refractivity contribution is 0.743. The Balaban J connectivity index is 1.77. The molecule has 0 unspecified atom stereocenters. The number of hydrogen-bond donors (Lipinski definition) is 2. The first kappa shape index (κ1) is 15.3. The molecule has 2 aromatic rings. The molecule has 0 saturated heterocycles. The Morgan fingerprint density at radius 3 is 2.59 bits per heavy atom. The predicted octanol–water partition coefficient (Wildman–Crippen LogP) is 4.95. The molecule has 1 aromatic heterocycles. The summed E-state index contributed by atoms with van der Waals surface area (Å²) in [4.78, 5) is 9.09. The molecule has 0 spiro atoms. The highest BCUT2D eigenvalue weighted by molar-refractivity contribution is 9.10. The molecule has 1 fully saturated rings. The van der Waals surface area contributed by atoms with Crippen LogP contribution in [0.2, 0.25) is 0 Å². The van der Waals surface area contributed by atoms with Gasteiger partial charge in [-0.25, -0.2) is 4.98 Å². The van der Waals surface area contributed by atoms with Crippen LogP contribution < -0.4 is 10.6 Å². The molecule has 116 valence electrons. The lowest BCUT2D eigenvalue weighted by Gasteiger charge is -2.14. The molecule has 5 heteroatoms. The molecule has 0 aliphatic heterocycles. The summed E-state index contributed by atoms with van der Waals surface area (Å²) in [6.07, 6.45) is 5.02. The van der Waals surface area contributed by atoms with Gasteiger partial charge in [-0.3, -0.25) is 0 Å². The highest BCUT2D eigenvalue weighted by Crippen LogP contribution is 2.25. The van der Waals surface area contributed by atoms with Crippen LogP contribution in [0.4, 0.5) is 17.5 Å². The molecule has 1 heterocycles. The summed E-state index contributed by atoms with van der Waals surface area (Å²) in [5.74, 6) is 1.55. The van der Waals surface area contributed by atoms with Crippen LogP contribution in [0.25, 0.3) is 0 Å². The Kier molecular flexibility index (Phi) is 4.62. The van der Waals surface area contributed by atoms with Crippen LogP contribution in [0.3, 0.4) is 0 Å². The van der Waals surface area contributed by atoms with Gasteiger partial charge >= 0.3 is 0 Å². The molecule has 0 atom stereocenters. The molecule has 4 nitrogen and oxygen atoms in total. The fraction of sp³-hybridized carbons (Fsp3) is 0.412. The van der Waals surface area contributed by atoms with E-state index in [1.807, 2.05) is 13.0 Å². The molecule has 1 saturated carbocycles. The van der Waals surface area contributed by atoms with Gasteiger partial charge < -0.3 is 10.6 Å². The summed E-state index contributed by atoms with van der Waals surface area (Å²) in [5, 5.41) is 6.81. The summed E-state index contributed by atoms with van der Waals surface area (Å²) in [5.41, 5.74) is 3.19. The minimum absolute atomic E-state index is 0.517. The van der Waals surface area contributed by atoms with Crippen molar-refractivity contribution in [2.75, 3.05) is 10.6 Å². The first-order valence-electron chi connectivity index (χ1n) is 7.75. The second kappa shape index (κ2) is 6.65. The van der Waals surface area contributed by atoms with E-state index in [-0.39, 0.29) is 0 Å². The van der Waals surface area contributed by atoms with Crippen molar-refractivity contribution in [2.24, 2.45) is 0 Å². The molecule has 22 heavy (non-hydrogen) atoms. The van der Waals surface area contributed by atoms with Crippen molar-refractivity contribution in [2.45, 2.75) is 45.6 Å². The average Bonchev–Trinajstić information content (AvgIpc) is 2.95. The maximum Gasteiger partial charge on any atom is 0.225 e. The van der Waals surface area contributed by atoms with Gasteiger partial charge in [-0.05, 0) is 44.4 Å². The third-order valence-electron chi connectivity index (χ3n) is 3.99. The lowest BCUT2D eigenvalue weighted by atomic mass is 10.2. The van der Waals surface area contributed by atoms with Gasteiger partial charge in [0.1, 0.15) is 5.82 Å². The van der Waals surface area contributed by atoms with Gasteiger partial charge in [0.15, 0.2) is 0 Å². The van der Waals surface area contributed by atoms with Gasteiger partial charge in [-0.2, -0.15) is 4.98 Å². The molecule has 1 aromatic carbocycles. The molecule has 0 amide bonds. The molecule has 0 radical (unpaired) electrons. The number of nitrogens with one attached hydrogen (secondary N) is 2. The van der Waals surface area contributed by atoms with Gasteiger partial charge in [0.05, 0.1) is 0 Å². The number of rotatable bonds is 4. The van der Waals surface area contributed by atoms with Crippen molar-refractivity contribution in [1.82, 2.24) is 9.97 Å². The number of benzene rings is 1. The number of aromatic nitrogens is 2. The Hall–Kier alpha value is -1.62. The van der Waals surface area contributed by atoms with Crippen molar-refractivity contribution in [3.8, 4) is 0 Å². The Morgan fingerprint density at radius 2 is 1.86 bits per heavy atom. The van der Waals surface area contributed by atoms with Gasteiger partial charge in [0.2, 0.25) is 5.95 Å². The SMILES string of the molecule is Cc1cc(Nc2ccc(C)c(Br)c2)nc(NC2CCCC2)n1. The van der Waals surface area contributed by atoms with Crippen molar-refractivity contribution < 1.29 is 0 Å². The minimum Gasteiger partial charge on any atom is -0.351 e. The van der Waals surface area contributed by atoms with Crippen molar-refractivity contribution in [3.63, 3.8) is 0 Å². The largest absolute Gasteiger partial charge is 0.351 e. The standard InChI is InChI=1S/C17H21BrN4/c1-11-7-8-14(10-15(11)18)20-16-9-12(2)19-17(22-16)21-13-5-3-4-6-13/h7-10,13H,3-6H2,1-2H3,(H2,19,20,21,22). The lowest BCUT2D eigenvalue weighted by Crippen LogP contribution is -2.17. The Labute approximate surface area is 139 Å². The normalized spacial score (nSPS) is 15.0. The monoisotopic (exact) mass is 360 g/mol. The van der Waals surface area contributed by atoms with E-state index in [4.69, 9.17) is 0 Å². The molecular weight excluding hydrogens is 340 g/mol. The van der Waals surface area contributed by atoms with E-state index in [9.17, 15) is 0 Å². The van der Waals surface area contributed by atoms with Crippen LogP contribution in [0, 0.1) is 13.8 Å². The quantitative estimate of drug-likeness (QED) is 0.809. The molecular formula is C17H21BrN4.